The van der Waals surface area contributed by atoms with Crippen LogP contribution in [-0.4, -0.2) is 22.5 Å². The Balaban J connectivity index is 1.69. The first-order valence-corrected chi connectivity index (χ1v) is 8.72. The van der Waals surface area contributed by atoms with E-state index in [2.05, 4.69) is 15.3 Å². The minimum atomic E-state index is -0.360. The molecule has 0 bridgehead atoms. The van der Waals surface area contributed by atoms with Gasteiger partial charge in [-0.3, -0.25) is 9.59 Å². The lowest BCUT2D eigenvalue weighted by Gasteiger charge is -2.18. The molecule has 1 aromatic carbocycles. The fourth-order valence-electron chi connectivity index (χ4n) is 3.25. The van der Waals surface area contributed by atoms with Crippen LogP contribution in [0.25, 0.3) is 0 Å². The number of carbonyl (C=O) groups excluding carboxylic acids is 1. The molecule has 1 atom stereocenters. The molecule has 0 radical (unpaired) electrons. The third-order valence-electron chi connectivity index (χ3n) is 4.52. The fraction of sp³-hybridized carbons (Fsp3) is 0.421. The number of aromatic nitrogens is 2. The highest BCUT2D eigenvalue weighted by molar-refractivity contribution is 5.76. The molecule has 6 nitrogen and oxygen atoms in total. The van der Waals surface area contributed by atoms with Crippen LogP contribution in [0.1, 0.15) is 47.9 Å². The summed E-state index contributed by atoms with van der Waals surface area (Å²) in [6, 6.07) is 4.05. The summed E-state index contributed by atoms with van der Waals surface area (Å²) in [5.41, 5.74) is 1.59. The number of rotatable bonds is 4. The van der Waals surface area contributed by atoms with E-state index in [0.717, 1.165) is 6.42 Å². The van der Waals surface area contributed by atoms with Crippen LogP contribution >= 0.6 is 0 Å². The van der Waals surface area contributed by atoms with E-state index in [1.165, 1.54) is 12.1 Å². The predicted molar refractivity (Wildman–Crippen MR) is 94.7 cm³/mol. The zero-order valence-corrected chi connectivity index (χ0v) is 14.9. The van der Waals surface area contributed by atoms with E-state index in [1.54, 1.807) is 19.9 Å². The Morgan fingerprint density at radius 2 is 2.23 bits per heavy atom. The number of aromatic amines is 1. The first-order chi connectivity index (χ1) is 12.4. The number of aryl methyl sites for hydroxylation is 2. The number of benzene rings is 1. The lowest BCUT2D eigenvalue weighted by molar-refractivity contribution is -0.121. The number of H-pyrrole nitrogens is 1. The van der Waals surface area contributed by atoms with Gasteiger partial charge in [-0.25, -0.2) is 9.37 Å². The average Bonchev–Trinajstić information content (AvgIpc) is 2.76. The van der Waals surface area contributed by atoms with Crippen molar-refractivity contribution in [1.82, 2.24) is 15.3 Å². The van der Waals surface area contributed by atoms with Gasteiger partial charge < -0.3 is 15.0 Å². The van der Waals surface area contributed by atoms with Gasteiger partial charge in [0.05, 0.1) is 12.6 Å². The van der Waals surface area contributed by atoms with Crippen LogP contribution in [0.15, 0.2) is 23.0 Å². The van der Waals surface area contributed by atoms with Crippen LogP contribution in [0.3, 0.4) is 0 Å². The van der Waals surface area contributed by atoms with Gasteiger partial charge in [-0.05, 0) is 51.3 Å². The molecule has 0 fully saturated rings. The molecule has 26 heavy (non-hydrogen) atoms. The van der Waals surface area contributed by atoms with Gasteiger partial charge in [0.1, 0.15) is 17.4 Å². The monoisotopic (exact) mass is 359 g/mol. The highest BCUT2D eigenvalue weighted by atomic mass is 19.1. The molecule has 2 N–H and O–H groups in total. The van der Waals surface area contributed by atoms with Crippen molar-refractivity contribution in [3.8, 4) is 5.75 Å². The Hall–Kier alpha value is -2.70. The molecule has 2 heterocycles. The van der Waals surface area contributed by atoms with Crippen LogP contribution in [0.4, 0.5) is 4.39 Å². The van der Waals surface area contributed by atoms with E-state index in [4.69, 9.17) is 4.74 Å². The minimum absolute atomic E-state index is 0.163. The van der Waals surface area contributed by atoms with E-state index in [9.17, 15) is 14.0 Å². The number of hydrogen-bond donors (Lipinski definition) is 2. The van der Waals surface area contributed by atoms with E-state index in [0.29, 0.717) is 47.8 Å². The standard InChI is InChI=1S/C19H22FN3O3/c1-11-14(19(25)22-12(2)21-11)6-8-18(24)23-16-4-3-9-26-17-7-5-13(20)10-15(16)17/h5,7,10,16H,3-4,6,8-9H2,1-2H3,(H,23,24)(H,21,22,25). The summed E-state index contributed by atoms with van der Waals surface area (Å²) in [5, 5.41) is 2.94. The SMILES string of the molecule is Cc1nc(C)c(CCC(=O)NC2CCCOc3ccc(F)cc32)c(=O)[nH]1. The topological polar surface area (TPSA) is 84.1 Å². The third-order valence-corrected chi connectivity index (χ3v) is 4.52. The van der Waals surface area contributed by atoms with Gasteiger partial charge >= 0.3 is 0 Å². The fourth-order valence-corrected chi connectivity index (χ4v) is 3.25. The van der Waals surface area contributed by atoms with Gasteiger partial charge in [-0.1, -0.05) is 0 Å². The molecule has 1 aliphatic heterocycles. The lowest BCUT2D eigenvalue weighted by atomic mass is 10.0. The lowest BCUT2D eigenvalue weighted by Crippen LogP contribution is -2.29. The molecular weight excluding hydrogens is 337 g/mol. The van der Waals surface area contributed by atoms with Crippen LogP contribution in [-0.2, 0) is 11.2 Å². The van der Waals surface area contributed by atoms with E-state index >= 15 is 0 Å². The first-order valence-electron chi connectivity index (χ1n) is 8.72. The quantitative estimate of drug-likeness (QED) is 0.878. The Morgan fingerprint density at radius 3 is 3.00 bits per heavy atom. The van der Waals surface area contributed by atoms with Gasteiger partial charge in [0, 0.05) is 23.2 Å². The van der Waals surface area contributed by atoms with Crippen molar-refractivity contribution in [1.29, 1.82) is 0 Å². The van der Waals surface area contributed by atoms with E-state index in [1.807, 2.05) is 0 Å². The zero-order valence-electron chi connectivity index (χ0n) is 14.9. The van der Waals surface area contributed by atoms with Crippen LogP contribution < -0.4 is 15.6 Å². The van der Waals surface area contributed by atoms with Crippen LogP contribution in [0.2, 0.25) is 0 Å². The summed E-state index contributed by atoms with van der Waals surface area (Å²) in [4.78, 5) is 31.3. The van der Waals surface area contributed by atoms with Crippen LogP contribution in [0, 0.1) is 19.7 Å². The smallest absolute Gasteiger partial charge is 0.254 e. The number of hydrogen-bond acceptors (Lipinski definition) is 4. The summed E-state index contributed by atoms with van der Waals surface area (Å²) in [5.74, 6) is 0.606. The van der Waals surface area contributed by atoms with Crippen molar-refractivity contribution < 1.29 is 13.9 Å². The second-order valence-corrected chi connectivity index (χ2v) is 6.51. The molecule has 3 rings (SSSR count). The average molecular weight is 359 g/mol. The molecule has 0 aliphatic carbocycles. The molecule has 7 heteroatoms. The number of nitrogens with zero attached hydrogens (tertiary/aromatic N) is 1. The summed E-state index contributed by atoms with van der Waals surface area (Å²) in [6.07, 6.45) is 1.91. The van der Waals surface area contributed by atoms with Crippen molar-refractivity contribution in [3.63, 3.8) is 0 Å². The Bertz CT molecular complexity index is 879. The zero-order chi connectivity index (χ0) is 18.7. The van der Waals surface area contributed by atoms with Crippen molar-refractivity contribution in [2.24, 2.45) is 0 Å². The predicted octanol–water partition coefficient (Wildman–Crippen LogP) is 2.49. The van der Waals surface area contributed by atoms with Crippen molar-refractivity contribution in [3.05, 3.63) is 57.0 Å². The minimum Gasteiger partial charge on any atom is -0.493 e. The molecule has 0 saturated carbocycles. The molecule has 138 valence electrons. The number of fused-ring (bicyclic) bond motifs is 1. The maximum atomic E-state index is 13.6. The number of carbonyl (C=O) groups is 1. The third kappa shape index (κ3) is 4.09. The molecule has 1 unspecified atom stereocenters. The first kappa shape index (κ1) is 18.1. The maximum absolute atomic E-state index is 13.6. The summed E-state index contributed by atoms with van der Waals surface area (Å²) >= 11 is 0. The van der Waals surface area contributed by atoms with Gasteiger partial charge in [0.15, 0.2) is 0 Å². The molecule has 1 aromatic heterocycles. The largest absolute Gasteiger partial charge is 0.493 e. The Morgan fingerprint density at radius 1 is 1.42 bits per heavy atom. The van der Waals surface area contributed by atoms with Gasteiger partial charge in [0.25, 0.3) is 5.56 Å². The van der Waals surface area contributed by atoms with Crippen LogP contribution in [0.5, 0.6) is 5.75 Å². The Kier molecular flexibility index (Phi) is 5.35. The molecule has 2 aromatic rings. The molecule has 1 amide bonds. The molecule has 0 spiro atoms. The van der Waals surface area contributed by atoms with Gasteiger partial charge in [0.2, 0.25) is 5.91 Å². The highest BCUT2D eigenvalue weighted by Gasteiger charge is 2.22. The summed E-state index contributed by atoms with van der Waals surface area (Å²) in [7, 11) is 0. The number of amides is 1. The number of ether oxygens (including phenoxy) is 1. The second-order valence-electron chi connectivity index (χ2n) is 6.51. The Labute approximate surface area is 150 Å². The van der Waals surface area contributed by atoms with Crippen molar-refractivity contribution in [2.45, 2.75) is 45.6 Å². The van der Waals surface area contributed by atoms with Crippen molar-refractivity contribution >= 4 is 5.91 Å². The number of halogens is 1. The summed E-state index contributed by atoms with van der Waals surface area (Å²) < 4.78 is 19.2. The highest BCUT2D eigenvalue weighted by Crippen LogP contribution is 2.32. The van der Waals surface area contributed by atoms with Crippen molar-refractivity contribution in [2.75, 3.05) is 6.61 Å². The molecule has 1 aliphatic rings. The molecule has 0 saturated heterocycles. The summed E-state index contributed by atoms with van der Waals surface area (Å²) in [6.45, 7) is 4.02. The van der Waals surface area contributed by atoms with E-state index in [-0.39, 0.29) is 29.7 Å². The number of nitrogens with one attached hydrogen (secondary N) is 2. The second kappa shape index (κ2) is 7.68. The van der Waals surface area contributed by atoms with Gasteiger partial charge in [-0.15, -0.1) is 0 Å². The normalized spacial score (nSPS) is 16.3. The molecular formula is C19H22FN3O3. The van der Waals surface area contributed by atoms with E-state index < -0.39 is 0 Å². The maximum Gasteiger partial charge on any atom is 0.254 e. The van der Waals surface area contributed by atoms with Gasteiger partial charge in [-0.2, -0.15) is 0 Å².